The van der Waals surface area contributed by atoms with Gasteiger partial charge >= 0.3 is 5.97 Å². The summed E-state index contributed by atoms with van der Waals surface area (Å²) >= 11 is 0. The maximum atomic E-state index is 11.9. The van der Waals surface area contributed by atoms with E-state index in [1.807, 2.05) is 13.8 Å². The molecule has 7 nitrogen and oxygen atoms in total. The smallest absolute Gasteiger partial charge is 0.303 e. The van der Waals surface area contributed by atoms with Gasteiger partial charge in [0.05, 0.1) is 11.8 Å². The summed E-state index contributed by atoms with van der Waals surface area (Å²) in [5.74, 6) is -1.12. The minimum Gasteiger partial charge on any atom is -0.481 e. The van der Waals surface area contributed by atoms with Gasteiger partial charge in [-0.05, 0) is 26.3 Å². The number of carboxylic acid groups (broad SMARTS) is 1. The number of aromatic nitrogens is 3. The third-order valence-corrected chi connectivity index (χ3v) is 3.04. The Morgan fingerprint density at radius 2 is 2.14 bits per heavy atom. The van der Waals surface area contributed by atoms with Crippen LogP contribution in [0.4, 0.5) is 0 Å². The summed E-state index contributed by atoms with van der Waals surface area (Å²) < 4.78 is 1.80. The van der Waals surface area contributed by atoms with Crippen LogP contribution in [0.1, 0.15) is 43.1 Å². The maximum Gasteiger partial charge on any atom is 0.303 e. The quantitative estimate of drug-likeness (QED) is 0.788. The van der Waals surface area contributed by atoms with Gasteiger partial charge in [-0.25, -0.2) is 9.67 Å². The Morgan fingerprint density at radius 1 is 1.38 bits per heavy atom. The Labute approximate surface area is 122 Å². The molecule has 2 aromatic rings. The molecule has 0 aliphatic rings. The SMILES string of the molecule is CC(C)n1ncc2cc(C(=O)NCCCC(=O)O)cnc21. The lowest BCUT2D eigenvalue weighted by atomic mass is 10.2. The van der Waals surface area contributed by atoms with Crippen molar-refractivity contribution in [3.05, 3.63) is 24.0 Å². The van der Waals surface area contributed by atoms with Crippen molar-refractivity contribution in [2.75, 3.05) is 6.54 Å². The molecule has 0 aliphatic carbocycles. The lowest BCUT2D eigenvalue weighted by molar-refractivity contribution is -0.137. The van der Waals surface area contributed by atoms with E-state index in [0.29, 0.717) is 18.5 Å². The highest BCUT2D eigenvalue weighted by Gasteiger charge is 2.11. The Bertz CT molecular complexity index is 663. The molecule has 21 heavy (non-hydrogen) atoms. The number of nitrogens with one attached hydrogen (secondary N) is 1. The predicted molar refractivity (Wildman–Crippen MR) is 77.1 cm³/mol. The molecular weight excluding hydrogens is 272 g/mol. The zero-order valence-electron chi connectivity index (χ0n) is 12.0. The van der Waals surface area contributed by atoms with Crippen molar-refractivity contribution < 1.29 is 14.7 Å². The van der Waals surface area contributed by atoms with Gasteiger partial charge in [0.2, 0.25) is 0 Å². The van der Waals surface area contributed by atoms with Crippen LogP contribution in [-0.2, 0) is 4.79 Å². The molecule has 2 aromatic heterocycles. The molecule has 0 unspecified atom stereocenters. The van der Waals surface area contributed by atoms with Crippen LogP contribution in [0.25, 0.3) is 11.0 Å². The fourth-order valence-corrected chi connectivity index (χ4v) is 1.99. The van der Waals surface area contributed by atoms with Crippen molar-refractivity contribution in [3.63, 3.8) is 0 Å². The minimum absolute atomic E-state index is 0.0404. The van der Waals surface area contributed by atoms with E-state index < -0.39 is 5.97 Å². The first-order valence-electron chi connectivity index (χ1n) is 6.82. The van der Waals surface area contributed by atoms with Gasteiger partial charge < -0.3 is 10.4 Å². The Kier molecular flexibility index (Phi) is 4.52. The van der Waals surface area contributed by atoms with Crippen LogP contribution in [-0.4, -0.2) is 38.3 Å². The monoisotopic (exact) mass is 290 g/mol. The highest BCUT2D eigenvalue weighted by Crippen LogP contribution is 2.16. The Balaban J connectivity index is 2.05. The Hall–Kier alpha value is -2.44. The van der Waals surface area contributed by atoms with Crippen molar-refractivity contribution in [1.82, 2.24) is 20.1 Å². The summed E-state index contributed by atoms with van der Waals surface area (Å²) in [7, 11) is 0. The van der Waals surface area contributed by atoms with Crippen LogP contribution in [0.15, 0.2) is 18.5 Å². The van der Waals surface area contributed by atoms with E-state index in [4.69, 9.17) is 5.11 Å². The number of rotatable bonds is 6. The molecule has 7 heteroatoms. The van der Waals surface area contributed by atoms with Crippen LogP contribution >= 0.6 is 0 Å². The van der Waals surface area contributed by atoms with Gasteiger partial charge in [0, 0.05) is 30.6 Å². The molecule has 2 heterocycles. The first-order chi connectivity index (χ1) is 9.99. The fourth-order valence-electron chi connectivity index (χ4n) is 1.99. The van der Waals surface area contributed by atoms with Gasteiger partial charge in [0.1, 0.15) is 0 Å². The second-order valence-electron chi connectivity index (χ2n) is 5.07. The van der Waals surface area contributed by atoms with E-state index in [1.165, 1.54) is 6.20 Å². The minimum atomic E-state index is -0.867. The van der Waals surface area contributed by atoms with Crippen LogP contribution in [0.2, 0.25) is 0 Å². The highest BCUT2D eigenvalue weighted by molar-refractivity contribution is 5.96. The molecule has 0 atom stereocenters. The number of carboxylic acids is 1. The van der Waals surface area contributed by atoms with E-state index in [-0.39, 0.29) is 18.4 Å². The van der Waals surface area contributed by atoms with Gasteiger partial charge in [-0.1, -0.05) is 0 Å². The van der Waals surface area contributed by atoms with Gasteiger partial charge in [-0.15, -0.1) is 0 Å². The van der Waals surface area contributed by atoms with Crippen molar-refractivity contribution in [3.8, 4) is 0 Å². The summed E-state index contributed by atoms with van der Waals surface area (Å²) in [5, 5.41) is 16.3. The van der Waals surface area contributed by atoms with Crippen LogP contribution in [0.3, 0.4) is 0 Å². The van der Waals surface area contributed by atoms with Crippen LogP contribution in [0.5, 0.6) is 0 Å². The molecule has 0 spiro atoms. The number of fused-ring (bicyclic) bond motifs is 1. The largest absolute Gasteiger partial charge is 0.481 e. The third-order valence-electron chi connectivity index (χ3n) is 3.04. The van der Waals surface area contributed by atoms with Gasteiger partial charge in [0.15, 0.2) is 5.65 Å². The number of nitrogens with zero attached hydrogens (tertiary/aromatic N) is 3. The molecule has 0 saturated heterocycles. The molecule has 0 radical (unpaired) electrons. The lowest BCUT2D eigenvalue weighted by Gasteiger charge is -2.07. The zero-order chi connectivity index (χ0) is 15.4. The van der Waals surface area contributed by atoms with Crippen molar-refractivity contribution in [1.29, 1.82) is 0 Å². The van der Waals surface area contributed by atoms with E-state index in [0.717, 1.165) is 11.0 Å². The topological polar surface area (TPSA) is 97.1 Å². The summed E-state index contributed by atoms with van der Waals surface area (Å²) in [6.07, 6.45) is 3.64. The highest BCUT2D eigenvalue weighted by atomic mass is 16.4. The molecular formula is C14H18N4O3. The molecule has 112 valence electrons. The summed E-state index contributed by atoms with van der Waals surface area (Å²) in [6, 6.07) is 1.94. The number of hydrogen-bond acceptors (Lipinski definition) is 4. The first kappa shape index (κ1) is 15.0. The molecule has 2 rings (SSSR count). The number of amides is 1. The number of carbonyl (C=O) groups is 2. The van der Waals surface area contributed by atoms with Gasteiger partial charge in [0.25, 0.3) is 5.91 Å². The Morgan fingerprint density at radius 3 is 2.81 bits per heavy atom. The number of hydrogen-bond donors (Lipinski definition) is 2. The van der Waals surface area contributed by atoms with Crippen molar-refractivity contribution >= 4 is 22.9 Å². The van der Waals surface area contributed by atoms with E-state index in [1.54, 1.807) is 16.9 Å². The fraction of sp³-hybridized carbons (Fsp3) is 0.429. The summed E-state index contributed by atoms with van der Waals surface area (Å²) in [4.78, 5) is 26.6. The average molecular weight is 290 g/mol. The average Bonchev–Trinajstić information content (AvgIpc) is 2.86. The molecule has 0 aromatic carbocycles. The van der Waals surface area contributed by atoms with Gasteiger partial charge in [-0.3, -0.25) is 9.59 Å². The van der Waals surface area contributed by atoms with E-state index in [2.05, 4.69) is 15.4 Å². The van der Waals surface area contributed by atoms with Crippen LogP contribution < -0.4 is 5.32 Å². The molecule has 0 bridgehead atoms. The summed E-state index contributed by atoms with van der Waals surface area (Å²) in [5.41, 5.74) is 1.19. The standard InChI is InChI=1S/C14H18N4O3/c1-9(2)18-13-10(8-17-18)6-11(7-16-13)14(21)15-5-3-4-12(19)20/h6-9H,3-5H2,1-2H3,(H,15,21)(H,19,20). The predicted octanol–water partition coefficient (Wildman–Crippen LogP) is 1.61. The lowest BCUT2D eigenvalue weighted by Crippen LogP contribution is -2.25. The number of pyridine rings is 1. The molecule has 1 amide bonds. The van der Waals surface area contributed by atoms with E-state index >= 15 is 0 Å². The molecule has 0 aliphatic heterocycles. The second-order valence-corrected chi connectivity index (χ2v) is 5.07. The number of aliphatic carboxylic acids is 1. The van der Waals surface area contributed by atoms with Crippen molar-refractivity contribution in [2.45, 2.75) is 32.7 Å². The second kappa shape index (κ2) is 6.34. The summed E-state index contributed by atoms with van der Waals surface area (Å²) in [6.45, 7) is 4.35. The number of carbonyl (C=O) groups excluding carboxylic acids is 1. The zero-order valence-corrected chi connectivity index (χ0v) is 12.0. The normalized spacial score (nSPS) is 11.0. The van der Waals surface area contributed by atoms with Gasteiger partial charge in [-0.2, -0.15) is 5.10 Å². The van der Waals surface area contributed by atoms with Crippen molar-refractivity contribution in [2.24, 2.45) is 0 Å². The first-order valence-corrected chi connectivity index (χ1v) is 6.82. The third kappa shape index (κ3) is 3.56. The molecule has 0 fully saturated rings. The maximum absolute atomic E-state index is 11.9. The van der Waals surface area contributed by atoms with E-state index in [9.17, 15) is 9.59 Å². The van der Waals surface area contributed by atoms with Crippen LogP contribution in [0, 0.1) is 0 Å². The molecule has 2 N–H and O–H groups in total. The molecule has 0 saturated carbocycles.